The van der Waals surface area contributed by atoms with E-state index in [2.05, 4.69) is 0 Å². The summed E-state index contributed by atoms with van der Waals surface area (Å²) in [4.78, 5) is 10.7. The number of aliphatic hydroxyl groups excluding tert-OH is 1. The summed E-state index contributed by atoms with van der Waals surface area (Å²) in [6, 6.07) is 10.5. The van der Waals surface area contributed by atoms with Crippen molar-refractivity contribution in [3.8, 4) is 5.75 Å². The minimum atomic E-state index is -1.48. The number of aliphatic hydroxyl groups is 1. The van der Waals surface area contributed by atoms with Crippen LogP contribution < -0.4 is 4.74 Å². The van der Waals surface area contributed by atoms with Gasteiger partial charge in [-0.3, -0.25) is 0 Å². The number of carboxylic acids is 1. The Bertz CT molecular complexity index is 562. The molecule has 2 aromatic carbocycles. The fraction of sp³-hybridized carbons (Fsp3) is 0.154. The summed E-state index contributed by atoms with van der Waals surface area (Å²) >= 11 is 0. The molecule has 0 unspecified atom stereocenters. The minimum Gasteiger partial charge on any atom is -0.497 e. The summed E-state index contributed by atoms with van der Waals surface area (Å²) in [5.41, 5.74) is 0.371. The van der Waals surface area contributed by atoms with Crippen molar-refractivity contribution in [1.29, 1.82) is 0 Å². The molecule has 0 aliphatic carbocycles. The fourth-order valence-electron chi connectivity index (χ4n) is 1.68. The molecule has 2 rings (SSSR count). The van der Waals surface area contributed by atoms with Gasteiger partial charge in [0, 0.05) is 0 Å². The van der Waals surface area contributed by atoms with Gasteiger partial charge in [-0.25, -0.2) is 4.79 Å². The zero-order valence-electron chi connectivity index (χ0n) is 9.25. The maximum atomic E-state index is 10.7. The topological polar surface area (TPSA) is 66.8 Å². The van der Waals surface area contributed by atoms with Gasteiger partial charge in [0.05, 0.1) is 7.11 Å². The molecule has 0 heterocycles. The first-order chi connectivity index (χ1) is 8.11. The van der Waals surface area contributed by atoms with E-state index in [-0.39, 0.29) is 0 Å². The van der Waals surface area contributed by atoms with Gasteiger partial charge < -0.3 is 14.9 Å². The van der Waals surface area contributed by atoms with E-state index in [4.69, 9.17) is 9.84 Å². The molecule has 0 saturated heterocycles. The molecule has 17 heavy (non-hydrogen) atoms. The number of ether oxygens (including phenoxy) is 1. The van der Waals surface area contributed by atoms with Crippen molar-refractivity contribution in [3.05, 3.63) is 42.0 Å². The first kappa shape index (κ1) is 11.4. The standard InChI is InChI=1S/C13H12O4/c1-17-11-5-4-8-6-10(12(14)13(15)16)3-2-9(8)7-11/h2-7,12,14H,1H3,(H,15,16)/t12-/m1/s1. The molecule has 0 bridgehead atoms. The average molecular weight is 232 g/mol. The lowest BCUT2D eigenvalue weighted by molar-refractivity contribution is -0.146. The highest BCUT2D eigenvalue weighted by molar-refractivity contribution is 5.86. The van der Waals surface area contributed by atoms with Gasteiger partial charge in [-0.2, -0.15) is 0 Å². The molecule has 2 N–H and O–H groups in total. The Balaban J connectivity index is 2.48. The predicted molar refractivity (Wildman–Crippen MR) is 63.1 cm³/mol. The summed E-state index contributed by atoms with van der Waals surface area (Å²) in [6.45, 7) is 0. The van der Waals surface area contributed by atoms with Gasteiger partial charge in [0.25, 0.3) is 0 Å². The Morgan fingerprint density at radius 3 is 2.47 bits per heavy atom. The van der Waals surface area contributed by atoms with Gasteiger partial charge in [-0.15, -0.1) is 0 Å². The zero-order valence-corrected chi connectivity index (χ0v) is 9.25. The van der Waals surface area contributed by atoms with Crippen LogP contribution in [0.4, 0.5) is 0 Å². The van der Waals surface area contributed by atoms with Crippen LogP contribution in [0.25, 0.3) is 10.8 Å². The van der Waals surface area contributed by atoms with E-state index in [1.807, 2.05) is 12.1 Å². The van der Waals surface area contributed by atoms with Crippen LogP contribution in [0.1, 0.15) is 11.7 Å². The van der Waals surface area contributed by atoms with Crippen LogP contribution in [-0.4, -0.2) is 23.3 Å². The lowest BCUT2D eigenvalue weighted by Crippen LogP contribution is -2.10. The van der Waals surface area contributed by atoms with Gasteiger partial charge in [0.2, 0.25) is 0 Å². The minimum absolute atomic E-state index is 0.371. The van der Waals surface area contributed by atoms with Gasteiger partial charge in [0.1, 0.15) is 5.75 Å². The molecule has 0 fully saturated rings. The van der Waals surface area contributed by atoms with E-state index >= 15 is 0 Å². The summed E-state index contributed by atoms with van der Waals surface area (Å²) < 4.78 is 5.09. The number of benzene rings is 2. The third kappa shape index (κ3) is 2.21. The molecule has 2 aromatic rings. The van der Waals surface area contributed by atoms with Crippen LogP contribution in [0, 0.1) is 0 Å². The Morgan fingerprint density at radius 2 is 1.82 bits per heavy atom. The smallest absolute Gasteiger partial charge is 0.337 e. The quantitative estimate of drug-likeness (QED) is 0.849. The highest BCUT2D eigenvalue weighted by atomic mass is 16.5. The third-order valence-electron chi connectivity index (χ3n) is 2.62. The molecule has 0 aliphatic heterocycles. The first-order valence-electron chi connectivity index (χ1n) is 5.10. The second kappa shape index (κ2) is 4.43. The van der Waals surface area contributed by atoms with Crippen molar-refractivity contribution < 1.29 is 19.7 Å². The normalized spacial score (nSPS) is 12.4. The second-order valence-corrected chi connectivity index (χ2v) is 3.71. The summed E-state index contributed by atoms with van der Waals surface area (Å²) in [6.07, 6.45) is -1.48. The van der Waals surface area contributed by atoms with E-state index in [9.17, 15) is 9.90 Å². The zero-order chi connectivity index (χ0) is 12.4. The highest BCUT2D eigenvalue weighted by Gasteiger charge is 2.15. The number of rotatable bonds is 3. The van der Waals surface area contributed by atoms with Crippen molar-refractivity contribution in [1.82, 2.24) is 0 Å². The van der Waals surface area contributed by atoms with Crippen molar-refractivity contribution in [2.24, 2.45) is 0 Å². The number of hydrogen-bond acceptors (Lipinski definition) is 3. The van der Waals surface area contributed by atoms with Crippen LogP contribution in [0.15, 0.2) is 36.4 Å². The number of aliphatic carboxylic acids is 1. The van der Waals surface area contributed by atoms with Crippen LogP contribution >= 0.6 is 0 Å². The van der Waals surface area contributed by atoms with Crippen molar-refractivity contribution in [2.75, 3.05) is 7.11 Å². The highest BCUT2D eigenvalue weighted by Crippen LogP contribution is 2.24. The molecular weight excluding hydrogens is 220 g/mol. The third-order valence-corrected chi connectivity index (χ3v) is 2.62. The van der Waals surface area contributed by atoms with E-state index in [0.29, 0.717) is 5.56 Å². The fourth-order valence-corrected chi connectivity index (χ4v) is 1.68. The van der Waals surface area contributed by atoms with Gasteiger partial charge in [-0.1, -0.05) is 18.2 Å². The molecule has 4 nitrogen and oxygen atoms in total. The number of hydrogen-bond donors (Lipinski definition) is 2. The summed E-state index contributed by atoms with van der Waals surface area (Å²) in [7, 11) is 1.59. The van der Waals surface area contributed by atoms with Gasteiger partial charge in [-0.05, 0) is 34.5 Å². The molecule has 88 valence electrons. The van der Waals surface area contributed by atoms with E-state index in [0.717, 1.165) is 16.5 Å². The van der Waals surface area contributed by atoms with Gasteiger partial charge >= 0.3 is 5.97 Å². The molecule has 0 aromatic heterocycles. The van der Waals surface area contributed by atoms with E-state index in [1.54, 1.807) is 31.4 Å². The molecule has 0 amide bonds. The number of methoxy groups -OCH3 is 1. The molecule has 0 aliphatic rings. The van der Waals surface area contributed by atoms with Crippen LogP contribution in [0.2, 0.25) is 0 Å². The lowest BCUT2D eigenvalue weighted by atomic mass is 10.0. The Kier molecular flexibility index (Phi) is 2.97. The van der Waals surface area contributed by atoms with Crippen LogP contribution in [0.5, 0.6) is 5.75 Å². The SMILES string of the molecule is COc1ccc2cc([C@@H](O)C(=O)O)ccc2c1. The Morgan fingerprint density at radius 1 is 1.18 bits per heavy atom. The first-order valence-corrected chi connectivity index (χ1v) is 5.10. The summed E-state index contributed by atoms with van der Waals surface area (Å²) in [5, 5.41) is 20.0. The maximum absolute atomic E-state index is 10.7. The van der Waals surface area contributed by atoms with Crippen molar-refractivity contribution in [2.45, 2.75) is 6.10 Å². The molecule has 0 saturated carbocycles. The van der Waals surface area contributed by atoms with Crippen molar-refractivity contribution >= 4 is 16.7 Å². The van der Waals surface area contributed by atoms with E-state index < -0.39 is 12.1 Å². The number of carbonyl (C=O) groups is 1. The molecular formula is C13H12O4. The second-order valence-electron chi connectivity index (χ2n) is 3.71. The van der Waals surface area contributed by atoms with Crippen LogP contribution in [-0.2, 0) is 4.79 Å². The lowest BCUT2D eigenvalue weighted by Gasteiger charge is -2.08. The Labute approximate surface area is 98.1 Å². The molecule has 4 heteroatoms. The average Bonchev–Trinajstić information content (AvgIpc) is 2.36. The predicted octanol–water partition coefficient (Wildman–Crippen LogP) is 1.97. The monoisotopic (exact) mass is 232 g/mol. The Hall–Kier alpha value is -2.07. The largest absolute Gasteiger partial charge is 0.497 e. The number of fused-ring (bicyclic) bond motifs is 1. The number of carboxylic acid groups (broad SMARTS) is 1. The summed E-state index contributed by atoms with van der Waals surface area (Å²) in [5.74, 6) is -0.512. The molecule has 0 radical (unpaired) electrons. The van der Waals surface area contributed by atoms with Crippen molar-refractivity contribution in [3.63, 3.8) is 0 Å². The molecule has 0 spiro atoms. The maximum Gasteiger partial charge on any atom is 0.337 e. The van der Waals surface area contributed by atoms with Gasteiger partial charge in [0.15, 0.2) is 6.10 Å². The molecule has 1 atom stereocenters. The van der Waals surface area contributed by atoms with E-state index in [1.165, 1.54) is 0 Å². The van der Waals surface area contributed by atoms with Crippen LogP contribution in [0.3, 0.4) is 0 Å².